The number of hydrogen-bond donors (Lipinski definition) is 1. The number of ether oxygens (including phenoxy) is 1. The Kier molecular flexibility index (Phi) is 4.20. The topological polar surface area (TPSA) is 32.7 Å². The number of aliphatic hydroxyl groups excluding tert-OH is 1. The van der Waals surface area contributed by atoms with Gasteiger partial charge in [-0.2, -0.15) is 0 Å². The van der Waals surface area contributed by atoms with Crippen molar-refractivity contribution >= 4 is 11.6 Å². The van der Waals surface area contributed by atoms with E-state index in [1.807, 2.05) is 18.2 Å². The standard InChI is InChI=1S/C16H22ClNO2/c1-11(10-18-7-2-8-18)16(19)12-3-6-15(14(17)9-12)20-13-4-5-13/h3,6,9,11,13,16,19H,2,4-5,7-8,10H2,1H3/t11-,16+/m1/s1. The Morgan fingerprint density at radius 1 is 1.40 bits per heavy atom. The van der Waals surface area contributed by atoms with Crippen LogP contribution < -0.4 is 4.74 Å². The van der Waals surface area contributed by atoms with Crippen molar-refractivity contribution in [3.05, 3.63) is 28.8 Å². The minimum Gasteiger partial charge on any atom is -0.489 e. The minimum atomic E-state index is -0.469. The second-order valence-electron chi connectivity index (χ2n) is 6.08. The lowest BCUT2D eigenvalue weighted by molar-refractivity contribution is 0.0677. The van der Waals surface area contributed by atoms with E-state index in [1.165, 1.54) is 6.42 Å². The van der Waals surface area contributed by atoms with E-state index in [-0.39, 0.29) is 5.92 Å². The number of halogens is 1. The highest BCUT2D eigenvalue weighted by Gasteiger charge is 2.26. The third kappa shape index (κ3) is 3.27. The van der Waals surface area contributed by atoms with Crippen LogP contribution in [0.15, 0.2) is 18.2 Å². The number of rotatable bonds is 6. The van der Waals surface area contributed by atoms with Gasteiger partial charge < -0.3 is 14.7 Å². The number of hydrogen-bond acceptors (Lipinski definition) is 3. The molecule has 1 heterocycles. The van der Waals surface area contributed by atoms with E-state index in [9.17, 15) is 5.11 Å². The summed E-state index contributed by atoms with van der Waals surface area (Å²) in [5.74, 6) is 0.946. The first-order valence-electron chi connectivity index (χ1n) is 7.50. The molecule has 0 unspecified atom stereocenters. The molecule has 1 aliphatic carbocycles. The maximum Gasteiger partial charge on any atom is 0.138 e. The molecule has 2 fully saturated rings. The molecule has 1 saturated carbocycles. The van der Waals surface area contributed by atoms with E-state index in [2.05, 4.69) is 11.8 Å². The summed E-state index contributed by atoms with van der Waals surface area (Å²) in [5, 5.41) is 11.0. The smallest absolute Gasteiger partial charge is 0.138 e. The number of nitrogens with zero attached hydrogens (tertiary/aromatic N) is 1. The molecule has 2 atom stereocenters. The number of likely N-dealkylation sites (tertiary alicyclic amines) is 1. The van der Waals surface area contributed by atoms with Gasteiger partial charge in [-0.1, -0.05) is 24.6 Å². The van der Waals surface area contributed by atoms with Gasteiger partial charge in [0.05, 0.1) is 17.2 Å². The van der Waals surface area contributed by atoms with E-state index in [0.717, 1.165) is 43.8 Å². The predicted octanol–water partition coefficient (Wildman–Crippen LogP) is 3.26. The van der Waals surface area contributed by atoms with Crippen molar-refractivity contribution in [2.75, 3.05) is 19.6 Å². The highest BCUT2D eigenvalue weighted by molar-refractivity contribution is 6.32. The minimum absolute atomic E-state index is 0.210. The van der Waals surface area contributed by atoms with Gasteiger partial charge in [-0.05, 0) is 56.0 Å². The highest BCUT2D eigenvalue weighted by atomic mass is 35.5. The molecule has 2 aliphatic rings. The molecule has 0 bridgehead atoms. The van der Waals surface area contributed by atoms with Gasteiger partial charge >= 0.3 is 0 Å². The van der Waals surface area contributed by atoms with E-state index in [4.69, 9.17) is 16.3 Å². The van der Waals surface area contributed by atoms with Crippen molar-refractivity contribution in [2.45, 2.75) is 38.4 Å². The van der Waals surface area contributed by atoms with Crippen LogP contribution in [0.4, 0.5) is 0 Å². The first-order chi connectivity index (χ1) is 9.63. The van der Waals surface area contributed by atoms with Gasteiger partial charge in [-0.3, -0.25) is 0 Å². The lowest BCUT2D eigenvalue weighted by Crippen LogP contribution is -2.41. The molecule has 20 heavy (non-hydrogen) atoms. The van der Waals surface area contributed by atoms with Crippen molar-refractivity contribution in [3.8, 4) is 5.75 Å². The normalized spacial score (nSPS) is 22.1. The Morgan fingerprint density at radius 3 is 2.70 bits per heavy atom. The van der Waals surface area contributed by atoms with Crippen LogP contribution in [-0.4, -0.2) is 35.7 Å². The maximum absolute atomic E-state index is 10.4. The van der Waals surface area contributed by atoms with E-state index < -0.39 is 6.10 Å². The highest BCUT2D eigenvalue weighted by Crippen LogP contribution is 2.34. The average Bonchev–Trinajstić information content (AvgIpc) is 3.19. The van der Waals surface area contributed by atoms with E-state index >= 15 is 0 Å². The quantitative estimate of drug-likeness (QED) is 0.874. The zero-order valence-corrected chi connectivity index (χ0v) is 12.6. The van der Waals surface area contributed by atoms with Crippen molar-refractivity contribution in [2.24, 2.45) is 5.92 Å². The van der Waals surface area contributed by atoms with Crippen LogP contribution in [0.5, 0.6) is 5.75 Å². The number of benzene rings is 1. The molecular formula is C16H22ClNO2. The van der Waals surface area contributed by atoms with Crippen molar-refractivity contribution in [1.29, 1.82) is 0 Å². The van der Waals surface area contributed by atoms with E-state index in [1.54, 1.807) is 0 Å². The third-order valence-electron chi connectivity index (χ3n) is 4.15. The summed E-state index contributed by atoms with van der Waals surface area (Å²) in [4.78, 5) is 2.38. The summed E-state index contributed by atoms with van der Waals surface area (Å²) in [6, 6.07) is 5.66. The Morgan fingerprint density at radius 2 is 2.15 bits per heavy atom. The Labute approximate surface area is 125 Å². The van der Waals surface area contributed by atoms with Crippen LogP contribution in [0.2, 0.25) is 5.02 Å². The lowest BCUT2D eigenvalue weighted by atomic mass is 9.96. The first kappa shape index (κ1) is 14.2. The Balaban J connectivity index is 1.63. The van der Waals surface area contributed by atoms with Crippen LogP contribution in [-0.2, 0) is 0 Å². The largest absolute Gasteiger partial charge is 0.489 e. The summed E-state index contributed by atoms with van der Waals surface area (Å²) < 4.78 is 5.72. The second kappa shape index (κ2) is 5.92. The lowest BCUT2D eigenvalue weighted by Gasteiger charge is -2.34. The van der Waals surface area contributed by atoms with Crippen molar-refractivity contribution in [1.82, 2.24) is 4.90 Å². The zero-order chi connectivity index (χ0) is 14.1. The van der Waals surface area contributed by atoms with Gasteiger partial charge in [-0.25, -0.2) is 0 Å². The van der Waals surface area contributed by atoms with Crippen molar-refractivity contribution in [3.63, 3.8) is 0 Å². The van der Waals surface area contributed by atoms with Gasteiger partial charge in [0.15, 0.2) is 0 Å². The Bertz CT molecular complexity index is 472. The summed E-state index contributed by atoms with van der Waals surface area (Å²) in [6.45, 7) is 5.35. The van der Waals surface area contributed by atoms with Crippen molar-refractivity contribution < 1.29 is 9.84 Å². The van der Waals surface area contributed by atoms with Gasteiger partial charge in [-0.15, -0.1) is 0 Å². The maximum atomic E-state index is 10.4. The molecule has 3 nitrogen and oxygen atoms in total. The summed E-state index contributed by atoms with van der Waals surface area (Å²) >= 11 is 6.25. The number of aliphatic hydroxyl groups is 1. The molecule has 4 heteroatoms. The summed E-state index contributed by atoms with van der Waals surface area (Å²) in [7, 11) is 0. The van der Waals surface area contributed by atoms with Crippen LogP contribution in [0.1, 0.15) is 37.9 Å². The fraction of sp³-hybridized carbons (Fsp3) is 0.625. The molecule has 0 radical (unpaired) electrons. The molecule has 0 aromatic heterocycles. The van der Waals surface area contributed by atoms with Gasteiger partial charge in [0.2, 0.25) is 0 Å². The molecule has 1 aromatic carbocycles. The molecule has 1 N–H and O–H groups in total. The monoisotopic (exact) mass is 295 g/mol. The predicted molar refractivity (Wildman–Crippen MR) is 80.3 cm³/mol. The third-order valence-corrected chi connectivity index (χ3v) is 4.44. The second-order valence-corrected chi connectivity index (χ2v) is 6.49. The van der Waals surface area contributed by atoms with Crippen LogP contribution >= 0.6 is 11.6 Å². The molecule has 1 aromatic rings. The molecule has 1 aliphatic heterocycles. The molecular weight excluding hydrogens is 274 g/mol. The molecule has 0 amide bonds. The van der Waals surface area contributed by atoms with Crippen LogP contribution in [0.25, 0.3) is 0 Å². The summed E-state index contributed by atoms with van der Waals surface area (Å²) in [5.41, 5.74) is 0.881. The van der Waals surface area contributed by atoms with Crippen LogP contribution in [0, 0.1) is 5.92 Å². The van der Waals surface area contributed by atoms with Crippen LogP contribution in [0.3, 0.4) is 0 Å². The van der Waals surface area contributed by atoms with Gasteiger partial charge in [0.25, 0.3) is 0 Å². The Hall–Kier alpha value is -0.770. The SMILES string of the molecule is C[C@H](CN1CCC1)[C@H](O)c1ccc(OC2CC2)c(Cl)c1. The molecule has 1 saturated heterocycles. The average molecular weight is 296 g/mol. The fourth-order valence-electron chi connectivity index (χ4n) is 2.56. The molecule has 110 valence electrons. The summed E-state index contributed by atoms with van der Waals surface area (Å²) in [6.07, 6.45) is 3.39. The van der Waals surface area contributed by atoms with Gasteiger partial charge in [0.1, 0.15) is 5.75 Å². The fourth-order valence-corrected chi connectivity index (χ4v) is 2.80. The van der Waals surface area contributed by atoms with E-state index in [0.29, 0.717) is 11.1 Å². The first-order valence-corrected chi connectivity index (χ1v) is 7.88. The molecule has 0 spiro atoms. The zero-order valence-electron chi connectivity index (χ0n) is 11.9. The molecule has 3 rings (SSSR count). The van der Waals surface area contributed by atoms with Gasteiger partial charge in [0, 0.05) is 6.54 Å².